The van der Waals surface area contributed by atoms with Gasteiger partial charge in [0.05, 0.1) is 28.4 Å². The Labute approximate surface area is 171 Å². The Kier molecular flexibility index (Phi) is 4.45. The molecule has 0 amide bonds. The summed E-state index contributed by atoms with van der Waals surface area (Å²) in [6.45, 7) is 0. The summed E-state index contributed by atoms with van der Waals surface area (Å²) in [6, 6.07) is 8.56. The lowest BCUT2D eigenvalue weighted by atomic mass is 9.74. The molecular weight excluding hydrogens is 364 g/mol. The van der Waals surface area contributed by atoms with E-state index in [9.17, 15) is 0 Å². The first-order chi connectivity index (χ1) is 14.2. The van der Waals surface area contributed by atoms with Gasteiger partial charge in [0, 0.05) is 0 Å². The Morgan fingerprint density at radius 3 is 1.24 bits per heavy atom. The average molecular weight is 392 g/mol. The lowest BCUT2D eigenvalue weighted by molar-refractivity contribution is 0.354. The van der Waals surface area contributed by atoms with E-state index in [1.807, 2.05) is 0 Å². The third-order valence-electron chi connectivity index (χ3n) is 7.10. The number of hydrogen-bond donors (Lipinski definition) is 0. The Hall–Kier alpha value is -2.62. The molecule has 0 aliphatic heterocycles. The topological polar surface area (TPSA) is 36.9 Å². The molecule has 0 aromatic heterocycles. The van der Waals surface area contributed by atoms with Gasteiger partial charge in [-0.3, -0.25) is 0 Å². The zero-order chi connectivity index (χ0) is 20.1. The Balaban J connectivity index is 1.90. The molecule has 152 valence electrons. The van der Waals surface area contributed by atoms with Crippen molar-refractivity contribution in [3.05, 3.63) is 35.4 Å². The SMILES string of the molecule is COc1cc2c3c(c4cc(OC)c(OC)cc4c2cc1OC)C[C@@H]1CCC[C@H]1C3. The number of fused-ring (bicyclic) bond motifs is 7. The van der Waals surface area contributed by atoms with Crippen molar-refractivity contribution >= 4 is 21.5 Å². The van der Waals surface area contributed by atoms with Gasteiger partial charge in [-0.05, 0) is 94.5 Å². The lowest BCUT2D eigenvalue weighted by Crippen LogP contribution is -2.21. The van der Waals surface area contributed by atoms with E-state index in [4.69, 9.17) is 18.9 Å². The number of benzene rings is 3. The van der Waals surface area contributed by atoms with Crippen LogP contribution in [0.1, 0.15) is 30.4 Å². The summed E-state index contributed by atoms with van der Waals surface area (Å²) in [5, 5.41) is 4.94. The highest BCUT2D eigenvalue weighted by Gasteiger charge is 2.34. The predicted octanol–water partition coefficient (Wildman–Crippen LogP) is 5.54. The molecule has 0 heterocycles. The summed E-state index contributed by atoms with van der Waals surface area (Å²) in [5.74, 6) is 4.69. The minimum Gasteiger partial charge on any atom is -0.493 e. The second kappa shape index (κ2) is 7.01. The molecule has 4 nitrogen and oxygen atoms in total. The van der Waals surface area contributed by atoms with Crippen LogP contribution in [0.5, 0.6) is 23.0 Å². The summed E-state index contributed by atoms with van der Waals surface area (Å²) in [6.07, 6.45) is 6.35. The molecule has 2 atom stereocenters. The number of methoxy groups -OCH3 is 4. The van der Waals surface area contributed by atoms with Gasteiger partial charge in [-0.2, -0.15) is 0 Å². The molecule has 4 heteroatoms. The molecule has 3 aromatic rings. The second-order valence-electron chi connectivity index (χ2n) is 8.32. The first-order valence-corrected chi connectivity index (χ1v) is 10.4. The summed E-state index contributed by atoms with van der Waals surface area (Å²) in [7, 11) is 6.80. The first-order valence-electron chi connectivity index (χ1n) is 10.4. The third-order valence-corrected chi connectivity index (χ3v) is 7.10. The highest BCUT2D eigenvalue weighted by molar-refractivity contribution is 6.12. The highest BCUT2D eigenvalue weighted by atomic mass is 16.5. The standard InChI is InChI=1S/C25H28O4/c1-26-22-10-18-16-8-14-6-5-7-15(14)9-17(16)19-11-23(27-2)25(29-4)13-21(19)20(18)12-24(22)28-3/h10-15H,5-9H2,1-4H3/t14-,15-/m0/s1. The van der Waals surface area contributed by atoms with Crippen LogP contribution in [0.25, 0.3) is 21.5 Å². The molecule has 0 bridgehead atoms. The lowest BCUT2D eigenvalue weighted by Gasteiger charge is -2.31. The first kappa shape index (κ1) is 18.4. The number of rotatable bonds is 4. The molecule has 2 aliphatic carbocycles. The van der Waals surface area contributed by atoms with Crippen LogP contribution in [0.2, 0.25) is 0 Å². The zero-order valence-electron chi connectivity index (χ0n) is 17.6. The van der Waals surface area contributed by atoms with Gasteiger partial charge in [-0.15, -0.1) is 0 Å². The van der Waals surface area contributed by atoms with Crippen molar-refractivity contribution in [2.45, 2.75) is 32.1 Å². The molecule has 29 heavy (non-hydrogen) atoms. The fourth-order valence-electron chi connectivity index (χ4n) is 5.67. The summed E-state index contributed by atoms with van der Waals surface area (Å²) >= 11 is 0. The fraction of sp³-hybridized carbons (Fsp3) is 0.440. The Morgan fingerprint density at radius 1 is 0.552 bits per heavy atom. The Morgan fingerprint density at radius 2 is 0.897 bits per heavy atom. The molecule has 0 saturated heterocycles. The average Bonchev–Trinajstić information content (AvgIpc) is 3.23. The van der Waals surface area contributed by atoms with E-state index in [2.05, 4.69) is 24.3 Å². The normalized spacial score (nSPS) is 20.4. The molecule has 0 unspecified atom stereocenters. The van der Waals surface area contributed by atoms with Gasteiger partial charge in [0.2, 0.25) is 0 Å². The van der Waals surface area contributed by atoms with Crippen molar-refractivity contribution in [2.75, 3.05) is 28.4 Å². The maximum absolute atomic E-state index is 5.65. The quantitative estimate of drug-likeness (QED) is 0.546. The van der Waals surface area contributed by atoms with Crippen molar-refractivity contribution in [3.8, 4) is 23.0 Å². The maximum Gasteiger partial charge on any atom is 0.161 e. The van der Waals surface area contributed by atoms with Crippen LogP contribution in [0.3, 0.4) is 0 Å². The van der Waals surface area contributed by atoms with Gasteiger partial charge >= 0.3 is 0 Å². The van der Waals surface area contributed by atoms with Gasteiger partial charge in [0.15, 0.2) is 23.0 Å². The van der Waals surface area contributed by atoms with Crippen LogP contribution in [-0.4, -0.2) is 28.4 Å². The van der Waals surface area contributed by atoms with Crippen molar-refractivity contribution in [1.82, 2.24) is 0 Å². The molecule has 0 radical (unpaired) electrons. The monoisotopic (exact) mass is 392 g/mol. The number of ether oxygens (including phenoxy) is 4. The van der Waals surface area contributed by atoms with Crippen molar-refractivity contribution < 1.29 is 18.9 Å². The van der Waals surface area contributed by atoms with E-state index in [0.717, 1.165) is 47.7 Å². The van der Waals surface area contributed by atoms with E-state index < -0.39 is 0 Å². The molecule has 1 saturated carbocycles. The van der Waals surface area contributed by atoms with Gasteiger partial charge in [0.1, 0.15) is 0 Å². The minimum absolute atomic E-state index is 0.755. The largest absolute Gasteiger partial charge is 0.493 e. The third kappa shape index (κ3) is 2.72. The maximum atomic E-state index is 5.65. The van der Waals surface area contributed by atoms with Crippen LogP contribution < -0.4 is 18.9 Å². The van der Waals surface area contributed by atoms with E-state index in [-0.39, 0.29) is 0 Å². The second-order valence-corrected chi connectivity index (χ2v) is 8.32. The Bertz CT molecular complexity index is 1010. The van der Waals surface area contributed by atoms with Gasteiger partial charge in [0.25, 0.3) is 0 Å². The van der Waals surface area contributed by atoms with E-state index in [0.29, 0.717) is 0 Å². The zero-order valence-corrected chi connectivity index (χ0v) is 17.6. The molecule has 0 spiro atoms. The number of hydrogen-bond acceptors (Lipinski definition) is 4. The van der Waals surface area contributed by atoms with Crippen LogP contribution in [0.15, 0.2) is 24.3 Å². The van der Waals surface area contributed by atoms with Crippen LogP contribution in [0, 0.1) is 11.8 Å². The van der Waals surface area contributed by atoms with Gasteiger partial charge < -0.3 is 18.9 Å². The molecule has 0 N–H and O–H groups in total. The van der Waals surface area contributed by atoms with Crippen molar-refractivity contribution in [3.63, 3.8) is 0 Å². The van der Waals surface area contributed by atoms with E-state index in [1.165, 1.54) is 51.9 Å². The molecule has 3 aromatic carbocycles. The molecule has 2 aliphatic rings. The molecule has 5 rings (SSSR count). The molecule has 1 fully saturated rings. The highest BCUT2D eigenvalue weighted by Crippen LogP contribution is 2.49. The summed E-state index contributed by atoms with van der Waals surface area (Å²) < 4.78 is 22.5. The minimum atomic E-state index is 0.755. The van der Waals surface area contributed by atoms with Crippen molar-refractivity contribution in [1.29, 1.82) is 0 Å². The van der Waals surface area contributed by atoms with Gasteiger partial charge in [-0.1, -0.05) is 6.42 Å². The predicted molar refractivity (Wildman–Crippen MR) is 116 cm³/mol. The van der Waals surface area contributed by atoms with Gasteiger partial charge in [-0.25, -0.2) is 0 Å². The summed E-state index contributed by atoms with van der Waals surface area (Å²) in [5.41, 5.74) is 2.95. The smallest absolute Gasteiger partial charge is 0.161 e. The van der Waals surface area contributed by atoms with Crippen LogP contribution >= 0.6 is 0 Å². The summed E-state index contributed by atoms with van der Waals surface area (Å²) in [4.78, 5) is 0. The van der Waals surface area contributed by atoms with E-state index >= 15 is 0 Å². The van der Waals surface area contributed by atoms with E-state index in [1.54, 1.807) is 28.4 Å². The van der Waals surface area contributed by atoms with Crippen LogP contribution in [0.4, 0.5) is 0 Å². The van der Waals surface area contributed by atoms with Crippen molar-refractivity contribution in [2.24, 2.45) is 11.8 Å². The fourth-order valence-corrected chi connectivity index (χ4v) is 5.67. The van der Waals surface area contributed by atoms with Crippen LogP contribution in [-0.2, 0) is 12.8 Å². The molecular formula is C25H28O4.